The molecule has 1 N–H and O–H groups in total. The molecule has 1 amide bonds. The highest BCUT2D eigenvalue weighted by atomic mass is 16.4. The Bertz CT molecular complexity index is 418. The first-order chi connectivity index (χ1) is 8.17. The Labute approximate surface area is 100 Å². The molecule has 0 saturated carbocycles. The van der Waals surface area contributed by atoms with E-state index in [1.807, 2.05) is 6.07 Å². The molecule has 2 fully saturated rings. The number of nitrogens with zero attached hydrogens (tertiary/aromatic N) is 2. The number of hydrogen-bond acceptors (Lipinski definition) is 2. The molecule has 4 nitrogen and oxygen atoms in total. The Morgan fingerprint density at radius 1 is 1.18 bits per heavy atom. The van der Waals surface area contributed by atoms with Gasteiger partial charge in [0.25, 0.3) is 0 Å². The SMILES string of the molecule is O=C(O)N1CC2(CN(Cc3ccccc3)C2)C1. The third-order valence-electron chi connectivity index (χ3n) is 3.69. The van der Waals surface area contributed by atoms with Crippen LogP contribution in [0.3, 0.4) is 0 Å². The first-order valence-electron chi connectivity index (χ1n) is 5.91. The van der Waals surface area contributed by atoms with Crippen LogP contribution < -0.4 is 0 Å². The number of likely N-dealkylation sites (tertiary alicyclic amines) is 2. The summed E-state index contributed by atoms with van der Waals surface area (Å²) in [5, 5.41) is 8.80. The third kappa shape index (κ3) is 1.89. The lowest BCUT2D eigenvalue weighted by Crippen LogP contribution is -2.72. The van der Waals surface area contributed by atoms with E-state index in [2.05, 4.69) is 29.2 Å². The predicted molar refractivity (Wildman–Crippen MR) is 63.7 cm³/mol. The highest BCUT2D eigenvalue weighted by Crippen LogP contribution is 2.40. The van der Waals surface area contributed by atoms with Crippen LogP contribution >= 0.6 is 0 Å². The molecule has 90 valence electrons. The van der Waals surface area contributed by atoms with Crippen LogP contribution in [-0.4, -0.2) is 47.2 Å². The van der Waals surface area contributed by atoms with Gasteiger partial charge in [-0.15, -0.1) is 0 Å². The van der Waals surface area contributed by atoms with E-state index in [0.717, 1.165) is 19.6 Å². The lowest BCUT2D eigenvalue weighted by atomic mass is 9.73. The summed E-state index contributed by atoms with van der Waals surface area (Å²) in [5.41, 5.74) is 1.60. The number of rotatable bonds is 2. The van der Waals surface area contributed by atoms with Gasteiger partial charge in [0.05, 0.1) is 0 Å². The summed E-state index contributed by atoms with van der Waals surface area (Å²) in [5.74, 6) is 0. The van der Waals surface area contributed by atoms with Crippen LogP contribution in [-0.2, 0) is 6.54 Å². The fourth-order valence-electron chi connectivity index (χ4n) is 2.95. The van der Waals surface area contributed by atoms with Gasteiger partial charge in [-0.2, -0.15) is 0 Å². The largest absolute Gasteiger partial charge is 0.465 e. The van der Waals surface area contributed by atoms with Crippen LogP contribution in [0.1, 0.15) is 5.56 Å². The zero-order valence-electron chi connectivity index (χ0n) is 9.67. The predicted octanol–water partition coefficient (Wildman–Crippen LogP) is 1.48. The van der Waals surface area contributed by atoms with Crippen LogP contribution in [0.25, 0.3) is 0 Å². The molecule has 0 unspecified atom stereocenters. The van der Waals surface area contributed by atoms with Crippen molar-refractivity contribution in [3.8, 4) is 0 Å². The van der Waals surface area contributed by atoms with E-state index in [0.29, 0.717) is 13.1 Å². The summed E-state index contributed by atoms with van der Waals surface area (Å²) in [6.45, 7) is 4.48. The van der Waals surface area contributed by atoms with Crippen LogP contribution in [0, 0.1) is 5.41 Å². The van der Waals surface area contributed by atoms with E-state index in [4.69, 9.17) is 5.11 Å². The van der Waals surface area contributed by atoms with Crippen molar-refractivity contribution in [3.05, 3.63) is 35.9 Å². The zero-order chi connectivity index (χ0) is 11.9. The molecule has 1 aromatic carbocycles. The fraction of sp³-hybridized carbons (Fsp3) is 0.462. The lowest BCUT2D eigenvalue weighted by molar-refractivity contribution is -0.105. The normalized spacial score (nSPS) is 22.0. The van der Waals surface area contributed by atoms with Gasteiger partial charge in [0, 0.05) is 38.1 Å². The zero-order valence-corrected chi connectivity index (χ0v) is 9.67. The molecular formula is C13H16N2O2. The van der Waals surface area contributed by atoms with Crippen LogP contribution in [0.5, 0.6) is 0 Å². The van der Waals surface area contributed by atoms with Crippen molar-refractivity contribution in [1.82, 2.24) is 9.80 Å². The monoisotopic (exact) mass is 232 g/mol. The molecule has 2 saturated heterocycles. The number of hydrogen-bond donors (Lipinski definition) is 1. The smallest absolute Gasteiger partial charge is 0.407 e. The molecule has 0 radical (unpaired) electrons. The Hall–Kier alpha value is -1.55. The molecule has 1 aromatic rings. The molecule has 1 spiro atoms. The van der Waals surface area contributed by atoms with Crippen molar-refractivity contribution in [3.63, 3.8) is 0 Å². The molecule has 0 aromatic heterocycles. The lowest BCUT2D eigenvalue weighted by Gasteiger charge is -2.59. The van der Waals surface area contributed by atoms with Gasteiger partial charge in [0.1, 0.15) is 0 Å². The van der Waals surface area contributed by atoms with Crippen LogP contribution in [0.4, 0.5) is 4.79 Å². The maximum Gasteiger partial charge on any atom is 0.407 e. The standard InChI is InChI=1S/C13H16N2O2/c16-12(17)15-9-13(10-15)7-14(8-13)6-11-4-2-1-3-5-11/h1-5H,6-10H2,(H,16,17). The summed E-state index contributed by atoms with van der Waals surface area (Å²) >= 11 is 0. The molecule has 17 heavy (non-hydrogen) atoms. The first-order valence-corrected chi connectivity index (χ1v) is 5.91. The average molecular weight is 232 g/mol. The summed E-state index contributed by atoms with van der Waals surface area (Å²) in [6, 6.07) is 10.4. The second kappa shape index (κ2) is 3.74. The van der Waals surface area contributed by atoms with Gasteiger partial charge in [-0.3, -0.25) is 4.90 Å². The number of carboxylic acid groups (broad SMARTS) is 1. The van der Waals surface area contributed by atoms with Crippen molar-refractivity contribution in [2.75, 3.05) is 26.2 Å². The fourth-order valence-corrected chi connectivity index (χ4v) is 2.95. The van der Waals surface area contributed by atoms with Gasteiger partial charge < -0.3 is 10.0 Å². The Balaban J connectivity index is 1.49. The van der Waals surface area contributed by atoms with Gasteiger partial charge in [0.15, 0.2) is 0 Å². The Morgan fingerprint density at radius 3 is 2.41 bits per heavy atom. The van der Waals surface area contributed by atoms with Gasteiger partial charge in [-0.25, -0.2) is 4.79 Å². The van der Waals surface area contributed by atoms with E-state index < -0.39 is 6.09 Å². The second-order valence-corrected chi connectivity index (χ2v) is 5.27. The molecule has 0 bridgehead atoms. The quantitative estimate of drug-likeness (QED) is 0.840. The highest BCUT2D eigenvalue weighted by molar-refractivity contribution is 5.66. The molecule has 2 aliphatic rings. The summed E-state index contributed by atoms with van der Waals surface area (Å²) in [7, 11) is 0. The minimum Gasteiger partial charge on any atom is -0.465 e. The van der Waals surface area contributed by atoms with Gasteiger partial charge in [-0.05, 0) is 5.56 Å². The number of amides is 1. The van der Waals surface area contributed by atoms with Crippen molar-refractivity contribution in [2.24, 2.45) is 5.41 Å². The molecule has 4 heteroatoms. The van der Waals surface area contributed by atoms with Crippen LogP contribution in [0.2, 0.25) is 0 Å². The van der Waals surface area contributed by atoms with Crippen molar-refractivity contribution in [2.45, 2.75) is 6.54 Å². The molecule has 3 rings (SSSR count). The van der Waals surface area contributed by atoms with Crippen molar-refractivity contribution >= 4 is 6.09 Å². The number of carbonyl (C=O) groups is 1. The maximum atomic E-state index is 10.7. The molecule has 0 atom stereocenters. The van der Waals surface area contributed by atoms with E-state index in [1.165, 1.54) is 10.5 Å². The topological polar surface area (TPSA) is 43.8 Å². The average Bonchev–Trinajstić information content (AvgIpc) is 2.20. The van der Waals surface area contributed by atoms with Gasteiger partial charge >= 0.3 is 6.09 Å². The first kappa shape index (κ1) is 10.6. The maximum absolute atomic E-state index is 10.7. The van der Waals surface area contributed by atoms with Crippen LogP contribution in [0.15, 0.2) is 30.3 Å². The Kier molecular flexibility index (Phi) is 2.33. The van der Waals surface area contributed by atoms with Crippen molar-refractivity contribution in [1.29, 1.82) is 0 Å². The van der Waals surface area contributed by atoms with Gasteiger partial charge in [0.2, 0.25) is 0 Å². The van der Waals surface area contributed by atoms with E-state index in [9.17, 15) is 4.79 Å². The highest BCUT2D eigenvalue weighted by Gasteiger charge is 2.52. The minimum atomic E-state index is -0.780. The molecular weight excluding hydrogens is 216 g/mol. The summed E-state index contributed by atoms with van der Waals surface area (Å²) in [6.07, 6.45) is -0.780. The van der Waals surface area contributed by atoms with E-state index in [1.54, 1.807) is 0 Å². The minimum absolute atomic E-state index is 0.271. The molecule has 0 aliphatic carbocycles. The molecule has 2 heterocycles. The van der Waals surface area contributed by atoms with Gasteiger partial charge in [-0.1, -0.05) is 30.3 Å². The molecule has 2 aliphatic heterocycles. The Morgan fingerprint density at radius 2 is 1.82 bits per heavy atom. The summed E-state index contributed by atoms with van der Waals surface area (Å²) in [4.78, 5) is 14.6. The number of benzene rings is 1. The van der Waals surface area contributed by atoms with Crippen molar-refractivity contribution < 1.29 is 9.90 Å². The van der Waals surface area contributed by atoms with E-state index >= 15 is 0 Å². The second-order valence-electron chi connectivity index (χ2n) is 5.27. The van der Waals surface area contributed by atoms with E-state index in [-0.39, 0.29) is 5.41 Å². The summed E-state index contributed by atoms with van der Waals surface area (Å²) < 4.78 is 0. The third-order valence-corrected chi connectivity index (χ3v) is 3.69.